The molecule has 0 aliphatic rings. The maximum absolute atomic E-state index is 11.2. The Morgan fingerprint density at radius 3 is 2.31 bits per heavy atom. The van der Waals surface area contributed by atoms with Gasteiger partial charge in [0.05, 0.1) is 4.90 Å². The quantitative estimate of drug-likeness (QED) is 0.692. The summed E-state index contributed by atoms with van der Waals surface area (Å²) in [6.07, 6.45) is 0.306. The second-order valence-corrected chi connectivity index (χ2v) is 5.10. The number of benzene rings is 1. The van der Waals surface area contributed by atoms with Crippen LogP contribution in [0.4, 0.5) is 5.69 Å². The van der Waals surface area contributed by atoms with Gasteiger partial charge in [-0.1, -0.05) is 0 Å². The largest absolute Gasteiger partial charge is 0.326 e. The van der Waals surface area contributed by atoms with Crippen LogP contribution in [0, 0.1) is 0 Å². The molecule has 0 bridgehead atoms. The van der Waals surface area contributed by atoms with Crippen molar-refractivity contribution in [3.63, 3.8) is 0 Å². The van der Waals surface area contributed by atoms with Gasteiger partial charge in [0.2, 0.25) is 15.9 Å². The number of rotatable bonds is 4. The molecule has 7 heteroatoms. The lowest BCUT2D eigenvalue weighted by Crippen LogP contribution is -2.13. The lowest BCUT2D eigenvalue weighted by molar-refractivity contribution is -0.115. The second kappa shape index (κ2) is 5.33. The smallest absolute Gasteiger partial charge is 0.238 e. The fraction of sp³-hybridized carbons (Fsp3) is 0.222. The number of amides is 1. The molecule has 0 atom stereocenters. The third kappa shape index (κ3) is 3.84. The van der Waals surface area contributed by atoms with E-state index in [1.165, 1.54) is 24.3 Å². The van der Waals surface area contributed by atoms with Gasteiger partial charge >= 0.3 is 0 Å². The zero-order chi connectivity index (χ0) is 12.2. The van der Waals surface area contributed by atoms with Crippen molar-refractivity contribution < 1.29 is 13.2 Å². The van der Waals surface area contributed by atoms with E-state index in [0.717, 1.165) is 0 Å². The molecule has 1 aromatic carbocycles. The predicted molar refractivity (Wildman–Crippen MR) is 64.9 cm³/mol. The van der Waals surface area contributed by atoms with Gasteiger partial charge in [-0.05, 0) is 30.0 Å². The maximum atomic E-state index is 11.2. The van der Waals surface area contributed by atoms with E-state index < -0.39 is 10.0 Å². The van der Waals surface area contributed by atoms with Crippen LogP contribution < -0.4 is 10.5 Å². The van der Waals surface area contributed by atoms with E-state index in [-0.39, 0.29) is 10.8 Å². The fourth-order valence-electron chi connectivity index (χ4n) is 1.05. The fourth-order valence-corrected chi connectivity index (χ4v) is 1.77. The molecule has 0 saturated heterocycles. The topological polar surface area (TPSA) is 89.3 Å². The number of hydrogen-bond donors (Lipinski definition) is 3. The Morgan fingerprint density at radius 1 is 1.31 bits per heavy atom. The summed E-state index contributed by atoms with van der Waals surface area (Å²) in [6, 6.07) is 5.64. The van der Waals surface area contributed by atoms with Crippen molar-refractivity contribution in [1.29, 1.82) is 0 Å². The zero-order valence-corrected chi connectivity index (χ0v) is 10.1. The van der Waals surface area contributed by atoms with Crippen molar-refractivity contribution in [3.05, 3.63) is 24.3 Å². The van der Waals surface area contributed by atoms with Crippen molar-refractivity contribution >= 4 is 34.2 Å². The van der Waals surface area contributed by atoms with Crippen molar-refractivity contribution in [2.75, 3.05) is 11.1 Å². The molecule has 0 unspecified atom stereocenters. The van der Waals surface area contributed by atoms with Gasteiger partial charge in [-0.25, -0.2) is 13.6 Å². The lowest BCUT2D eigenvalue weighted by Gasteiger charge is -2.04. The Balaban J connectivity index is 2.76. The summed E-state index contributed by atoms with van der Waals surface area (Å²) in [4.78, 5) is 11.2. The highest BCUT2D eigenvalue weighted by Gasteiger charge is 2.07. The normalized spacial score (nSPS) is 11.1. The minimum atomic E-state index is -3.68. The average Bonchev–Trinajstić information content (AvgIpc) is 2.17. The summed E-state index contributed by atoms with van der Waals surface area (Å²) in [7, 11) is -3.68. The first-order chi connectivity index (χ1) is 7.43. The summed E-state index contributed by atoms with van der Waals surface area (Å²) in [5.74, 6) is 0.291. The number of nitrogens with one attached hydrogen (secondary N) is 1. The van der Waals surface area contributed by atoms with Crippen LogP contribution in [0.25, 0.3) is 0 Å². The van der Waals surface area contributed by atoms with Crippen molar-refractivity contribution in [2.45, 2.75) is 11.3 Å². The average molecular weight is 260 g/mol. The van der Waals surface area contributed by atoms with E-state index in [0.29, 0.717) is 17.9 Å². The van der Waals surface area contributed by atoms with Crippen LogP contribution in [0.2, 0.25) is 0 Å². The first kappa shape index (κ1) is 13.0. The highest BCUT2D eigenvalue weighted by molar-refractivity contribution is 7.89. The Hall–Kier alpha value is -1.05. The van der Waals surface area contributed by atoms with Gasteiger partial charge in [0.25, 0.3) is 0 Å². The summed E-state index contributed by atoms with van der Waals surface area (Å²) < 4.78 is 21.9. The van der Waals surface area contributed by atoms with Crippen LogP contribution in [-0.2, 0) is 14.8 Å². The number of primary sulfonamides is 1. The number of sulfonamides is 1. The number of carbonyl (C=O) groups excluding carboxylic acids is 1. The van der Waals surface area contributed by atoms with Crippen LogP contribution in [0.1, 0.15) is 6.42 Å². The number of nitrogens with two attached hydrogens (primary N) is 1. The number of carbonyl (C=O) groups is 1. The summed E-state index contributed by atoms with van der Waals surface area (Å²) in [5, 5.41) is 7.53. The molecule has 88 valence electrons. The van der Waals surface area contributed by atoms with Crippen LogP contribution in [0.3, 0.4) is 0 Å². The van der Waals surface area contributed by atoms with Crippen molar-refractivity contribution in [3.8, 4) is 0 Å². The van der Waals surface area contributed by atoms with Gasteiger partial charge in [-0.15, -0.1) is 0 Å². The molecule has 0 aromatic heterocycles. The molecule has 5 nitrogen and oxygen atoms in total. The molecule has 0 spiro atoms. The Labute approximate surface area is 99.5 Å². The number of anilines is 1. The molecule has 1 rings (SSSR count). The van der Waals surface area contributed by atoms with Gasteiger partial charge in [0.15, 0.2) is 0 Å². The molecule has 16 heavy (non-hydrogen) atoms. The molecule has 0 aliphatic carbocycles. The van der Waals surface area contributed by atoms with Crippen LogP contribution in [-0.4, -0.2) is 20.1 Å². The first-order valence-electron chi connectivity index (χ1n) is 4.47. The molecule has 0 saturated carbocycles. The Morgan fingerprint density at radius 2 is 1.88 bits per heavy atom. The Kier molecular flexibility index (Phi) is 4.34. The van der Waals surface area contributed by atoms with Crippen molar-refractivity contribution in [2.24, 2.45) is 5.14 Å². The highest BCUT2D eigenvalue weighted by atomic mass is 32.2. The van der Waals surface area contributed by atoms with Crippen LogP contribution in [0.5, 0.6) is 0 Å². The summed E-state index contributed by atoms with van der Waals surface area (Å²) in [6.45, 7) is 0. The highest BCUT2D eigenvalue weighted by Crippen LogP contribution is 2.12. The van der Waals surface area contributed by atoms with Crippen molar-refractivity contribution in [1.82, 2.24) is 0 Å². The van der Waals surface area contributed by atoms with Gasteiger partial charge in [-0.3, -0.25) is 4.79 Å². The van der Waals surface area contributed by atoms with E-state index in [1.807, 2.05) is 0 Å². The minimum Gasteiger partial charge on any atom is -0.326 e. The van der Waals surface area contributed by atoms with Gasteiger partial charge in [0.1, 0.15) is 0 Å². The van der Waals surface area contributed by atoms with E-state index in [2.05, 4.69) is 17.9 Å². The summed E-state index contributed by atoms with van der Waals surface area (Å²) >= 11 is 3.92. The van der Waals surface area contributed by atoms with E-state index >= 15 is 0 Å². The van der Waals surface area contributed by atoms with Crippen LogP contribution >= 0.6 is 12.6 Å². The molecule has 0 aliphatic heterocycles. The van der Waals surface area contributed by atoms with E-state index in [4.69, 9.17) is 5.14 Å². The molecule has 3 N–H and O–H groups in total. The minimum absolute atomic E-state index is 0.0136. The van der Waals surface area contributed by atoms with Gasteiger partial charge in [0, 0.05) is 12.1 Å². The standard InChI is InChI=1S/C9H12N2O3S2/c10-16(13,14)8-3-1-7(2-4-8)11-9(12)5-6-15/h1-4,15H,5-6H2,(H,11,12)(H2,10,13,14). The molecule has 1 amide bonds. The molecule has 0 radical (unpaired) electrons. The monoisotopic (exact) mass is 260 g/mol. The van der Waals surface area contributed by atoms with Crippen LogP contribution in [0.15, 0.2) is 29.2 Å². The van der Waals surface area contributed by atoms with Gasteiger partial charge < -0.3 is 5.32 Å². The third-order valence-electron chi connectivity index (χ3n) is 1.81. The second-order valence-electron chi connectivity index (χ2n) is 3.09. The maximum Gasteiger partial charge on any atom is 0.238 e. The Bertz CT molecular complexity index is 468. The number of hydrogen-bond acceptors (Lipinski definition) is 4. The summed E-state index contributed by atoms with van der Waals surface area (Å²) in [5.41, 5.74) is 0.527. The molecule has 0 heterocycles. The zero-order valence-electron chi connectivity index (χ0n) is 8.38. The number of thiol groups is 1. The SMILES string of the molecule is NS(=O)(=O)c1ccc(NC(=O)CCS)cc1. The lowest BCUT2D eigenvalue weighted by atomic mass is 10.3. The third-order valence-corrected chi connectivity index (χ3v) is 2.96. The molecule has 0 fully saturated rings. The molecular formula is C9H12N2O3S2. The molecule has 1 aromatic rings. The van der Waals surface area contributed by atoms with Gasteiger partial charge in [-0.2, -0.15) is 12.6 Å². The molecular weight excluding hydrogens is 248 g/mol. The van der Waals surface area contributed by atoms with E-state index in [1.54, 1.807) is 0 Å². The van der Waals surface area contributed by atoms with E-state index in [9.17, 15) is 13.2 Å². The predicted octanol–water partition coefficient (Wildman–Crippen LogP) is 0.592. The first-order valence-corrected chi connectivity index (χ1v) is 6.65.